The second-order valence-electron chi connectivity index (χ2n) is 5.64. The van der Waals surface area contributed by atoms with Crippen LogP contribution in [0.3, 0.4) is 0 Å². The van der Waals surface area contributed by atoms with Gasteiger partial charge in [-0.05, 0) is 43.6 Å². The van der Waals surface area contributed by atoms with E-state index in [0.29, 0.717) is 11.6 Å². The molecule has 1 aromatic rings. The molecule has 1 atom stereocenters. The van der Waals surface area contributed by atoms with E-state index in [4.69, 9.17) is 21.4 Å². The quantitative estimate of drug-likeness (QED) is 0.667. The first-order chi connectivity index (χ1) is 10.0. The van der Waals surface area contributed by atoms with Crippen molar-refractivity contribution >= 4 is 23.5 Å². The number of carbonyl (C=O) groups is 2. The normalized spacial score (nSPS) is 30.9. The van der Waals surface area contributed by atoms with E-state index in [9.17, 15) is 9.59 Å². The Kier molecular flexibility index (Phi) is 3.63. The Balaban J connectivity index is 2.00. The number of nitrogens with zero attached hydrogens (tertiary/aromatic N) is 1. The molecule has 0 amide bonds. The van der Waals surface area contributed by atoms with Gasteiger partial charge < -0.3 is 9.84 Å². The lowest BCUT2D eigenvalue weighted by Gasteiger charge is -2.52. The largest absolute Gasteiger partial charge is 0.473 e. The molecule has 0 saturated carbocycles. The highest BCUT2D eigenvalue weighted by atomic mass is 35.5. The molecule has 3 saturated heterocycles. The van der Waals surface area contributed by atoms with E-state index >= 15 is 0 Å². The lowest BCUT2D eigenvalue weighted by atomic mass is 9.71. The van der Waals surface area contributed by atoms with Crippen molar-refractivity contribution in [3.63, 3.8) is 0 Å². The summed E-state index contributed by atoms with van der Waals surface area (Å²) in [6, 6.07) is 7.12. The van der Waals surface area contributed by atoms with Gasteiger partial charge in [-0.15, -0.1) is 0 Å². The van der Waals surface area contributed by atoms with Gasteiger partial charge in [0.2, 0.25) is 0 Å². The summed E-state index contributed by atoms with van der Waals surface area (Å²) in [5.41, 5.74) is -0.0628. The highest BCUT2D eigenvalue weighted by molar-refractivity contribution is 6.30. The summed E-state index contributed by atoms with van der Waals surface area (Å²) >= 11 is 5.92. The maximum Gasteiger partial charge on any atom is 0.418 e. The van der Waals surface area contributed by atoms with E-state index in [1.807, 2.05) is 12.1 Å². The van der Waals surface area contributed by atoms with Crippen LogP contribution in [0.5, 0.6) is 0 Å². The van der Waals surface area contributed by atoms with Crippen molar-refractivity contribution in [1.29, 1.82) is 0 Å². The molecule has 0 spiro atoms. The molecule has 112 valence electrons. The van der Waals surface area contributed by atoms with Crippen LogP contribution in [0.25, 0.3) is 0 Å². The molecular formula is C15H16ClNO4. The molecule has 3 fully saturated rings. The Hall–Kier alpha value is -1.59. The van der Waals surface area contributed by atoms with Crippen LogP contribution in [0, 0.1) is 5.92 Å². The zero-order chi connectivity index (χ0) is 15.0. The van der Waals surface area contributed by atoms with Crippen LogP contribution >= 0.6 is 11.6 Å². The average Bonchev–Trinajstić information content (AvgIpc) is 2.48. The zero-order valence-corrected chi connectivity index (χ0v) is 12.2. The molecular weight excluding hydrogens is 294 g/mol. The standard InChI is InChI=1S/C15H16ClNO4/c16-12-3-1-10(2-4-12)15(21-14(20)13(18)19)9-17-7-5-11(15)6-8-17/h1-4,11H,5-9H2,(H,18,19). The molecule has 1 N–H and O–H groups in total. The predicted molar refractivity (Wildman–Crippen MR) is 76.0 cm³/mol. The molecule has 0 aliphatic carbocycles. The number of carboxylic acid groups (broad SMARTS) is 1. The van der Waals surface area contributed by atoms with Gasteiger partial charge in [-0.25, -0.2) is 9.59 Å². The smallest absolute Gasteiger partial charge is 0.418 e. The van der Waals surface area contributed by atoms with E-state index < -0.39 is 17.5 Å². The first-order valence-corrected chi connectivity index (χ1v) is 7.34. The SMILES string of the molecule is O=C(O)C(=O)OC1(c2ccc(Cl)cc2)CN2CCC1CC2. The fourth-order valence-electron chi connectivity index (χ4n) is 3.46. The van der Waals surface area contributed by atoms with Crippen molar-refractivity contribution in [2.75, 3.05) is 19.6 Å². The van der Waals surface area contributed by atoms with Gasteiger partial charge in [0.15, 0.2) is 5.60 Å². The third kappa shape index (κ3) is 2.51. The van der Waals surface area contributed by atoms with Crippen LogP contribution in [-0.2, 0) is 19.9 Å². The molecule has 0 radical (unpaired) electrons. The number of aliphatic carboxylic acids is 1. The Labute approximate surface area is 127 Å². The molecule has 3 heterocycles. The number of esters is 1. The molecule has 1 unspecified atom stereocenters. The highest BCUT2D eigenvalue weighted by Gasteiger charge is 2.51. The maximum absolute atomic E-state index is 11.7. The second kappa shape index (κ2) is 5.31. The summed E-state index contributed by atoms with van der Waals surface area (Å²) in [6.07, 6.45) is 1.80. The van der Waals surface area contributed by atoms with Gasteiger partial charge in [-0.3, -0.25) is 4.90 Å². The molecule has 6 heteroatoms. The van der Waals surface area contributed by atoms with Crippen molar-refractivity contribution in [3.8, 4) is 0 Å². The summed E-state index contributed by atoms with van der Waals surface area (Å²) in [5.74, 6) is -2.61. The number of fused-ring (bicyclic) bond motifs is 3. The predicted octanol–water partition coefficient (Wildman–Crippen LogP) is 1.89. The van der Waals surface area contributed by atoms with E-state index in [1.165, 1.54) is 0 Å². The van der Waals surface area contributed by atoms with Crippen molar-refractivity contribution in [2.45, 2.75) is 18.4 Å². The number of rotatable bonds is 2. The Morgan fingerprint density at radius 1 is 1.24 bits per heavy atom. The van der Waals surface area contributed by atoms with E-state index in [-0.39, 0.29) is 5.92 Å². The van der Waals surface area contributed by atoms with Crippen LogP contribution < -0.4 is 0 Å². The molecule has 21 heavy (non-hydrogen) atoms. The lowest BCUT2D eigenvalue weighted by molar-refractivity contribution is -0.194. The van der Waals surface area contributed by atoms with E-state index in [1.54, 1.807) is 12.1 Å². The number of carbonyl (C=O) groups excluding carboxylic acids is 1. The van der Waals surface area contributed by atoms with Crippen molar-refractivity contribution in [3.05, 3.63) is 34.9 Å². The fourth-order valence-corrected chi connectivity index (χ4v) is 3.59. The molecule has 3 aliphatic heterocycles. The minimum absolute atomic E-state index is 0.145. The molecule has 4 rings (SSSR count). The van der Waals surface area contributed by atoms with Gasteiger partial charge in [0, 0.05) is 17.5 Å². The Morgan fingerprint density at radius 3 is 2.33 bits per heavy atom. The van der Waals surface area contributed by atoms with Crippen LogP contribution in [0.15, 0.2) is 24.3 Å². The first kappa shape index (κ1) is 14.4. The van der Waals surface area contributed by atoms with E-state index in [2.05, 4.69) is 4.90 Å². The number of carboxylic acids is 1. The molecule has 1 aromatic carbocycles. The van der Waals surface area contributed by atoms with Gasteiger partial charge in [-0.2, -0.15) is 0 Å². The van der Waals surface area contributed by atoms with Crippen LogP contribution in [0.2, 0.25) is 5.02 Å². The maximum atomic E-state index is 11.7. The number of halogens is 1. The summed E-state index contributed by atoms with van der Waals surface area (Å²) in [7, 11) is 0. The second-order valence-corrected chi connectivity index (χ2v) is 6.08. The van der Waals surface area contributed by atoms with Crippen molar-refractivity contribution < 1.29 is 19.4 Å². The average molecular weight is 310 g/mol. The van der Waals surface area contributed by atoms with Crippen molar-refractivity contribution in [2.24, 2.45) is 5.92 Å². The number of ether oxygens (including phenoxy) is 1. The zero-order valence-electron chi connectivity index (χ0n) is 11.4. The minimum Gasteiger partial charge on any atom is -0.473 e. The molecule has 3 aliphatic rings. The summed E-state index contributed by atoms with van der Waals surface area (Å²) in [6.45, 7) is 2.47. The lowest BCUT2D eigenvalue weighted by Crippen LogP contribution is -2.59. The molecule has 0 aromatic heterocycles. The van der Waals surface area contributed by atoms with E-state index in [0.717, 1.165) is 31.5 Å². The topological polar surface area (TPSA) is 66.8 Å². The number of piperidine rings is 3. The highest BCUT2D eigenvalue weighted by Crippen LogP contribution is 2.45. The third-order valence-electron chi connectivity index (χ3n) is 4.49. The van der Waals surface area contributed by atoms with Crippen molar-refractivity contribution in [1.82, 2.24) is 4.90 Å². The Bertz CT molecular complexity index is 566. The van der Waals surface area contributed by atoms with Gasteiger partial charge >= 0.3 is 11.9 Å². The monoisotopic (exact) mass is 309 g/mol. The number of benzene rings is 1. The van der Waals surface area contributed by atoms with Crippen LogP contribution in [-0.4, -0.2) is 41.6 Å². The first-order valence-electron chi connectivity index (χ1n) is 6.96. The van der Waals surface area contributed by atoms with Gasteiger partial charge in [0.05, 0.1) is 0 Å². The third-order valence-corrected chi connectivity index (χ3v) is 4.74. The van der Waals surface area contributed by atoms with Gasteiger partial charge in [-0.1, -0.05) is 23.7 Å². The summed E-state index contributed by atoms with van der Waals surface area (Å²) in [5, 5.41) is 9.48. The number of hydrogen-bond acceptors (Lipinski definition) is 4. The Morgan fingerprint density at radius 2 is 1.86 bits per heavy atom. The number of hydrogen-bond donors (Lipinski definition) is 1. The van der Waals surface area contributed by atoms with Gasteiger partial charge in [0.1, 0.15) is 0 Å². The summed E-state index contributed by atoms with van der Waals surface area (Å²) in [4.78, 5) is 24.8. The summed E-state index contributed by atoms with van der Waals surface area (Å²) < 4.78 is 5.48. The molecule has 5 nitrogen and oxygen atoms in total. The molecule has 2 bridgehead atoms. The van der Waals surface area contributed by atoms with Crippen LogP contribution in [0.1, 0.15) is 18.4 Å². The van der Waals surface area contributed by atoms with Gasteiger partial charge in [0.25, 0.3) is 0 Å². The fraction of sp³-hybridized carbons (Fsp3) is 0.467. The minimum atomic E-state index is -1.56. The van der Waals surface area contributed by atoms with Crippen LogP contribution in [0.4, 0.5) is 0 Å².